The summed E-state index contributed by atoms with van der Waals surface area (Å²) >= 11 is 7.63. The number of rotatable bonds is 6. The van der Waals surface area contributed by atoms with E-state index in [9.17, 15) is 4.79 Å². The maximum Gasteiger partial charge on any atom is 0.251 e. The molecule has 0 heterocycles. The van der Waals surface area contributed by atoms with E-state index >= 15 is 0 Å². The third-order valence-electron chi connectivity index (χ3n) is 3.43. The van der Waals surface area contributed by atoms with Crippen molar-refractivity contribution >= 4 is 29.3 Å². The number of amides is 1. The lowest BCUT2D eigenvalue weighted by Crippen LogP contribution is -2.31. The van der Waals surface area contributed by atoms with Gasteiger partial charge in [0.1, 0.15) is 0 Å². The maximum absolute atomic E-state index is 12.0. The van der Waals surface area contributed by atoms with Crippen molar-refractivity contribution in [3.05, 3.63) is 64.7 Å². The minimum atomic E-state index is -0.00810. The number of hydrogen-bond acceptors (Lipinski definition) is 2. The highest BCUT2D eigenvalue weighted by Gasteiger charge is 2.08. The fourth-order valence-corrected chi connectivity index (χ4v) is 2.84. The normalized spacial score (nSPS) is 12.0. The summed E-state index contributed by atoms with van der Waals surface area (Å²) in [6.45, 7) is 4.07. The Morgan fingerprint density at radius 3 is 2.36 bits per heavy atom. The molecule has 1 unspecified atom stereocenters. The molecule has 0 bridgehead atoms. The smallest absolute Gasteiger partial charge is 0.251 e. The predicted molar refractivity (Wildman–Crippen MR) is 94.7 cm³/mol. The first-order chi connectivity index (χ1) is 10.6. The number of benzene rings is 2. The fraction of sp³-hybridized carbons (Fsp3) is 0.278. The number of carbonyl (C=O) groups excluding carboxylic acids is 1. The van der Waals surface area contributed by atoms with E-state index in [1.54, 1.807) is 11.8 Å². The lowest BCUT2D eigenvalue weighted by Gasteiger charge is -2.11. The molecule has 0 spiro atoms. The van der Waals surface area contributed by atoms with Crippen molar-refractivity contribution < 1.29 is 4.79 Å². The average Bonchev–Trinajstić information content (AvgIpc) is 2.54. The largest absolute Gasteiger partial charge is 0.350 e. The zero-order valence-corrected chi connectivity index (χ0v) is 14.4. The summed E-state index contributed by atoms with van der Waals surface area (Å²) in [6, 6.07) is 15.8. The highest BCUT2D eigenvalue weighted by Crippen LogP contribution is 2.24. The first kappa shape index (κ1) is 16.9. The molecular formula is C18H20ClNOS. The minimum absolute atomic E-state index is 0.00810. The van der Waals surface area contributed by atoms with E-state index in [-0.39, 0.29) is 11.9 Å². The second-order valence-electron chi connectivity index (χ2n) is 5.22. The summed E-state index contributed by atoms with van der Waals surface area (Å²) in [5.41, 5.74) is 1.90. The number of halogens is 1. The summed E-state index contributed by atoms with van der Waals surface area (Å²) in [5, 5.41) is 3.72. The van der Waals surface area contributed by atoms with Crippen molar-refractivity contribution in [3.8, 4) is 0 Å². The van der Waals surface area contributed by atoms with E-state index < -0.39 is 0 Å². The molecular weight excluding hydrogens is 314 g/mol. The lowest BCUT2D eigenvalue weighted by atomic mass is 10.1. The van der Waals surface area contributed by atoms with Crippen LogP contribution in [0.1, 0.15) is 36.2 Å². The van der Waals surface area contributed by atoms with Crippen LogP contribution in [-0.4, -0.2) is 11.9 Å². The van der Waals surface area contributed by atoms with Gasteiger partial charge in [0, 0.05) is 27.3 Å². The molecule has 2 rings (SSSR count). The summed E-state index contributed by atoms with van der Waals surface area (Å²) in [6.07, 6.45) is 0.932. The third-order valence-corrected chi connectivity index (χ3v) is 4.76. The average molecular weight is 334 g/mol. The van der Waals surface area contributed by atoms with Gasteiger partial charge >= 0.3 is 0 Å². The fourth-order valence-electron chi connectivity index (χ4n) is 1.86. The molecule has 22 heavy (non-hydrogen) atoms. The summed E-state index contributed by atoms with van der Waals surface area (Å²) < 4.78 is 0. The molecule has 4 heteroatoms. The molecule has 0 saturated heterocycles. The molecule has 0 aliphatic rings. The van der Waals surface area contributed by atoms with E-state index in [4.69, 9.17) is 11.6 Å². The van der Waals surface area contributed by atoms with Crippen molar-refractivity contribution in [1.82, 2.24) is 5.32 Å². The van der Waals surface area contributed by atoms with E-state index in [1.807, 2.05) is 55.5 Å². The van der Waals surface area contributed by atoms with E-state index in [0.717, 1.165) is 17.2 Å². The Balaban J connectivity index is 1.91. The van der Waals surface area contributed by atoms with Crippen molar-refractivity contribution in [2.45, 2.75) is 37.0 Å². The first-order valence-electron chi connectivity index (χ1n) is 7.36. The topological polar surface area (TPSA) is 29.1 Å². The molecule has 2 aromatic carbocycles. The second-order valence-corrected chi connectivity index (χ2v) is 6.71. The molecule has 0 aromatic heterocycles. The molecule has 1 atom stereocenters. The Morgan fingerprint density at radius 2 is 1.77 bits per heavy atom. The molecule has 116 valence electrons. The minimum Gasteiger partial charge on any atom is -0.350 e. The van der Waals surface area contributed by atoms with Crippen molar-refractivity contribution in [1.29, 1.82) is 0 Å². The molecule has 0 aliphatic carbocycles. The van der Waals surface area contributed by atoms with Crippen LogP contribution in [-0.2, 0) is 5.75 Å². The molecule has 0 radical (unpaired) electrons. The zero-order valence-electron chi connectivity index (χ0n) is 12.8. The summed E-state index contributed by atoms with van der Waals surface area (Å²) in [4.78, 5) is 13.2. The highest BCUT2D eigenvalue weighted by atomic mass is 35.5. The summed E-state index contributed by atoms with van der Waals surface area (Å²) in [5.74, 6) is 0.862. The van der Waals surface area contributed by atoms with Crippen molar-refractivity contribution in [3.63, 3.8) is 0 Å². The zero-order chi connectivity index (χ0) is 15.9. The number of thioether (sulfide) groups is 1. The van der Waals surface area contributed by atoms with Crippen LogP contribution in [0.3, 0.4) is 0 Å². The van der Waals surface area contributed by atoms with Gasteiger partial charge in [-0.05, 0) is 55.3 Å². The standard InChI is InChI=1S/C18H20ClNOS/c1-3-13(2)20-18(21)15-6-4-14(5-7-15)12-22-17-10-8-16(19)9-11-17/h4-11,13H,3,12H2,1-2H3,(H,20,21). The predicted octanol–water partition coefficient (Wildman–Crippen LogP) is 5.16. The SMILES string of the molecule is CCC(C)NC(=O)c1ccc(CSc2ccc(Cl)cc2)cc1. The second kappa shape index (κ2) is 8.25. The van der Waals surface area contributed by atoms with Crippen LogP contribution in [0.15, 0.2) is 53.4 Å². The van der Waals surface area contributed by atoms with Gasteiger partial charge in [-0.15, -0.1) is 11.8 Å². The van der Waals surface area contributed by atoms with Gasteiger partial charge in [0.05, 0.1) is 0 Å². The van der Waals surface area contributed by atoms with Gasteiger partial charge in [0.2, 0.25) is 0 Å². The molecule has 2 nitrogen and oxygen atoms in total. The van der Waals surface area contributed by atoms with Gasteiger partial charge < -0.3 is 5.32 Å². The Morgan fingerprint density at radius 1 is 1.14 bits per heavy atom. The monoisotopic (exact) mass is 333 g/mol. The van der Waals surface area contributed by atoms with Gasteiger partial charge in [0.15, 0.2) is 0 Å². The molecule has 2 aromatic rings. The van der Waals surface area contributed by atoms with E-state index in [1.165, 1.54) is 10.5 Å². The van der Waals surface area contributed by atoms with Crippen LogP contribution in [0.25, 0.3) is 0 Å². The van der Waals surface area contributed by atoms with Gasteiger partial charge in [-0.25, -0.2) is 0 Å². The lowest BCUT2D eigenvalue weighted by molar-refractivity contribution is 0.0939. The molecule has 0 aliphatic heterocycles. The third kappa shape index (κ3) is 5.08. The van der Waals surface area contributed by atoms with E-state index in [2.05, 4.69) is 12.2 Å². The first-order valence-corrected chi connectivity index (χ1v) is 8.73. The summed E-state index contributed by atoms with van der Waals surface area (Å²) in [7, 11) is 0. The van der Waals surface area contributed by atoms with Gasteiger partial charge in [-0.2, -0.15) is 0 Å². The number of nitrogens with one attached hydrogen (secondary N) is 1. The van der Waals surface area contributed by atoms with Crippen LogP contribution in [0, 0.1) is 0 Å². The number of hydrogen-bond donors (Lipinski definition) is 1. The Bertz CT molecular complexity index is 610. The Hall–Kier alpha value is -1.45. The molecule has 0 saturated carbocycles. The van der Waals surface area contributed by atoms with Gasteiger partial charge in [-0.3, -0.25) is 4.79 Å². The Kier molecular flexibility index (Phi) is 6.34. The quantitative estimate of drug-likeness (QED) is 0.740. The van der Waals surface area contributed by atoms with Crippen LogP contribution in [0.5, 0.6) is 0 Å². The van der Waals surface area contributed by atoms with Crippen LogP contribution in [0.4, 0.5) is 0 Å². The van der Waals surface area contributed by atoms with Crippen LogP contribution >= 0.6 is 23.4 Å². The van der Waals surface area contributed by atoms with Crippen molar-refractivity contribution in [2.75, 3.05) is 0 Å². The molecule has 1 N–H and O–H groups in total. The van der Waals surface area contributed by atoms with Crippen molar-refractivity contribution in [2.24, 2.45) is 0 Å². The maximum atomic E-state index is 12.0. The van der Waals surface area contributed by atoms with E-state index in [0.29, 0.717) is 5.56 Å². The Labute approximate surface area is 141 Å². The highest BCUT2D eigenvalue weighted by molar-refractivity contribution is 7.98. The molecule has 0 fully saturated rings. The van der Waals surface area contributed by atoms with Crippen LogP contribution in [0.2, 0.25) is 5.02 Å². The van der Waals surface area contributed by atoms with Gasteiger partial charge in [0.25, 0.3) is 5.91 Å². The van der Waals surface area contributed by atoms with Crippen LogP contribution < -0.4 is 5.32 Å². The number of carbonyl (C=O) groups is 1. The molecule has 1 amide bonds. The van der Waals surface area contributed by atoms with Gasteiger partial charge in [-0.1, -0.05) is 30.7 Å².